The standard InChI is InChI=1S/C14H13ClF3N3O2/c15-10-5-8(16)1-2-9(10)13-19-14(23-20-13)11-7-22-4-3-21(11)6-12(17)18/h1-2,5,11-12H,3-4,6-7H2/t11-/m1/s1. The molecule has 0 amide bonds. The molecule has 1 aromatic heterocycles. The number of rotatable bonds is 4. The maximum absolute atomic E-state index is 13.1. The van der Waals surface area contributed by atoms with Gasteiger partial charge in [-0.05, 0) is 18.2 Å². The molecule has 2 aromatic rings. The van der Waals surface area contributed by atoms with Gasteiger partial charge < -0.3 is 9.26 Å². The number of ether oxygens (including phenoxy) is 1. The minimum Gasteiger partial charge on any atom is -0.378 e. The summed E-state index contributed by atoms with van der Waals surface area (Å²) < 4.78 is 48.9. The molecule has 0 radical (unpaired) electrons. The molecule has 0 aliphatic carbocycles. The topological polar surface area (TPSA) is 51.4 Å². The average molecular weight is 348 g/mol. The number of alkyl halides is 2. The summed E-state index contributed by atoms with van der Waals surface area (Å²) in [6.45, 7) is 0.507. The lowest BCUT2D eigenvalue weighted by molar-refractivity contribution is -0.0430. The van der Waals surface area contributed by atoms with Crippen LogP contribution < -0.4 is 0 Å². The monoisotopic (exact) mass is 347 g/mol. The first-order valence-corrected chi connectivity index (χ1v) is 7.31. The van der Waals surface area contributed by atoms with Crippen molar-refractivity contribution in [2.24, 2.45) is 0 Å². The molecule has 3 rings (SSSR count). The molecule has 1 fully saturated rings. The highest BCUT2D eigenvalue weighted by molar-refractivity contribution is 6.33. The maximum atomic E-state index is 13.1. The number of halogens is 4. The third kappa shape index (κ3) is 3.65. The van der Waals surface area contributed by atoms with Crippen molar-refractivity contribution in [2.45, 2.75) is 12.5 Å². The first kappa shape index (κ1) is 16.2. The van der Waals surface area contributed by atoms with Crippen molar-refractivity contribution in [3.63, 3.8) is 0 Å². The first-order valence-electron chi connectivity index (χ1n) is 6.93. The third-order valence-electron chi connectivity index (χ3n) is 3.51. The molecule has 1 aromatic carbocycles. The van der Waals surface area contributed by atoms with Gasteiger partial charge in [-0.15, -0.1) is 0 Å². The lowest BCUT2D eigenvalue weighted by Crippen LogP contribution is -2.42. The molecule has 9 heteroatoms. The van der Waals surface area contributed by atoms with Gasteiger partial charge in [0.15, 0.2) is 0 Å². The summed E-state index contributed by atoms with van der Waals surface area (Å²) in [6.07, 6.45) is -2.47. The Morgan fingerprint density at radius 3 is 2.96 bits per heavy atom. The molecule has 1 aliphatic rings. The fourth-order valence-electron chi connectivity index (χ4n) is 2.41. The minimum atomic E-state index is -2.47. The van der Waals surface area contributed by atoms with Crippen LogP contribution >= 0.6 is 11.6 Å². The summed E-state index contributed by atoms with van der Waals surface area (Å²) in [4.78, 5) is 5.74. The zero-order valence-corrected chi connectivity index (χ0v) is 12.6. The Balaban J connectivity index is 1.85. The fraction of sp³-hybridized carbons (Fsp3) is 0.429. The van der Waals surface area contributed by atoms with E-state index in [1.807, 2.05) is 0 Å². The molecule has 0 spiro atoms. The molecule has 23 heavy (non-hydrogen) atoms. The van der Waals surface area contributed by atoms with E-state index in [2.05, 4.69) is 10.1 Å². The van der Waals surface area contributed by atoms with Gasteiger partial charge in [0.2, 0.25) is 11.7 Å². The van der Waals surface area contributed by atoms with Crippen LogP contribution in [0.2, 0.25) is 5.02 Å². The highest BCUT2D eigenvalue weighted by Crippen LogP contribution is 2.29. The zero-order chi connectivity index (χ0) is 16.4. The van der Waals surface area contributed by atoms with E-state index < -0.39 is 24.8 Å². The zero-order valence-electron chi connectivity index (χ0n) is 11.9. The van der Waals surface area contributed by atoms with Crippen LogP contribution in [0.15, 0.2) is 22.7 Å². The Morgan fingerprint density at radius 2 is 2.22 bits per heavy atom. The maximum Gasteiger partial charge on any atom is 0.251 e. The Kier molecular flexibility index (Phi) is 4.84. The van der Waals surface area contributed by atoms with Crippen molar-refractivity contribution in [2.75, 3.05) is 26.3 Å². The molecule has 5 nitrogen and oxygen atoms in total. The molecular weight excluding hydrogens is 335 g/mol. The van der Waals surface area contributed by atoms with Crippen molar-refractivity contribution in [1.29, 1.82) is 0 Å². The van der Waals surface area contributed by atoms with Crippen LogP contribution in [0, 0.1) is 5.82 Å². The van der Waals surface area contributed by atoms with Gasteiger partial charge in [-0.2, -0.15) is 4.98 Å². The van der Waals surface area contributed by atoms with Crippen LogP contribution in [-0.4, -0.2) is 47.8 Å². The summed E-state index contributed by atoms with van der Waals surface area (Å²) in [5.74, 6) is -0.139. The molecule has 124 valence electrons. The second-order valence-electron chi connectivity index (χ2n) is 5.06. The van der Waals surface area contributed by atoms with Crippen molar-refractivity contribution in [3.05, 3.63) is 34.9 Å². The van der Waals surface area contributed by atoms with E-state index >= 15 is 0 Å². The normalized spacial score (nSPS) is 19.4. The Morgan fingerprint density at radius 1 is 1.39 bits per heavy atom. The third-order valence-corrected chi connectivity index (χ3v) is 3.82. The summed E-state index contributed by atoms with van der Waals surface area (Å²) in [6, 6.07) is 3.25. The van der Waals surface area contributed by atoms with Gasteiger partial charge in [0.1, 0.15) is 11.9 Å². The number of aromatic nitrogens is 2. The first-order chi connectivity index (χ1) is 11.0. The largest absolute Gasteiger partial charge is 0.378 e. The molecule has 0 saturated carbocycles. The molecule has 1 atom stereocenters. The highest BCUT2D eigenvalue weighted by atomic mass is 35.5. The van der Waals surface area contributed by atoms with Crippen LogP contribution in [0.4, 0.5) is 13.2 Å². The molecule has 1 aliphatic heterocycles. The van der Waals surface area contributed by atoms with E-state index in [-0.39, 0.29) is 23.3 Å². The summed E-state index contributed by atoms with van der Waals surface area (Å²) in [7, 11) is 0. The smallest absolute Gasteiger partial charge is 0.251 e. The molecule has 0 N–H and O–H groups in total. The Bertz CT molecular complexity index is 683. The van der Waals surface area contributed by atoms with Gasteiger partial charge in [-0.3, -0.25) is 4.90 Å². The second kappa shape index (κ2) is 6.86. The molecule has 2 heterocycles. The van der Waals surface area contributed by atoms with Crippen molar-refractivity contribution >= 4 is 11.6 Å². The van der Waals surface area contributed by atoms with Crippen LogP contribution in [0.1, 0.15) is 11.9 Å². The van der Waals surface area contributed by atoms with E-state index in [0.717, 1.165) is 6.07 Å². The summed E-state index contributed by atoms with van der Waals surface area (Å²) in [5, 5.41) is 3.94. The van der Waals surface area contributed by atoms with E-state index in [1.54, 1.807) is 0 Å². The van der Waals surface area contributed by atoms with Gasteiger partial charge in [0.25, 0.3) is 6.43 Å². The van der Waals surface area contributed by atoms with Gasteiger partial charge in [0, 0.05) is 12.1 Å². The minimum absolute atomic E-state index is 0.140. The fourth-order valence-corrected chi connectivity index (χ4v) is 2.66. The van der Waals surface area contributed by atoms with Crippen molar-refractivity contribution in [1.82, 2.24) is 15.0 Å². The van der Waals surface area contributed by atoms with Crippen LogP contribution in [0.25, 0.3) is 11.4 Å². The molecule has 0 unspecified atom stereocenters. The Labute approximate surface area is 135 Å². The van der Waals surface area contributed by atoms with E-state index in [4.69, 9.17) is 20.9 Å². The summed E-state index contributed by atoms with van der Waals surface area (Å²) in [5.41, 5.74) is 0.403. The van der Waals surface area contributed by atoms with Gasteiger partial charge in [0.05, 0.1) is 24.8 Å². The number of hydrogen-bond acceptors (Lipinski definition) is 5. The second-order valence-corrected chi connectivity index (χ2v) is 5.46. The van der Waals surface area contributed by atoms with Gasteiger partial charge in [-0.25, -0.2) is 13.2 Å². The number of hydrogen-bond donors (Lipinski definition) is 0. The lowest BCUT2D eigenvalue weighted by atomic mass is 10.2. The lowest BCUT2D eigenvalue weighted by Gasteiger charge is -2.32. The van der Waals surface area contributed by atoms with Crippen molar-refractivity contribution < 1.29 is 22.4 Å². The van der Waals surface area contributed by atoms with Crippen LogP contribution in [-0.2, 0) is 4.74 Å². The van der Waals surface area contributed by atoms with E-state index in [9.17, 15) is 13.2 Å². The van der Waals surface area contributed by atoms with Gasteiger partial charge >= 0.3 is 0 Å². The molecule has 0 bridgehead atoms. The number of nitrogens with zero attached hydrogens (tertiary/aromatic N) is 3. The van der Waals surface area contributed by atoms with Gasteiger partial charge in [-0.1, -0.05) is 16.8 Å². The van der Waals surface area contributed by atoms with Crippen LogP contribution in [0.3, 0.4) is 0 Å². The predicted octanol–water partition coefficient (Wildman–Crippen LogP) is 3.17. The summed E-state index contributed by atoms with van der Waals surface area (Å²) >= 11 is 5.96. The van der Waals surface area contributed by atoms with E-state index in [1.165, 1.54) is 17.0 Å². The van der Waals surface area contributed by atoms with Crippen LogP contribution in [0.5, 0.6) is 0 Å². The predicted molar refractivity (Wildman–Crippen MR) is 75.8 cm³/mol. The Hall–Kier alpha value is -1.64. The number of benzene rings is 1. The molecular formula is C14H13ClF3N3O2. The number of morpholine rings is 1. The van der Waals surface area contributed by atoms with Crippen molar-refractivity contribution in [3.8, 4) is 11.4 Å². The quantitative estimate of drug-likeness (QED) is 0.850. The highest BCUT2D eigenvalue weighted by Gasteiger charge is 2.31. The SMILES string of the molecule is Fc1ccc(-c2noc([C@H]3COCCN3CC(F)F)n2)c(Cl)c1. The average Bonchev–Trinajstić information content (AvgIpc) is 2.96. The molecule has 1 saturated heterocycles. The van der Waals surface area contributed by atoms with E-state index in [0.29, 0.717) is 18.7 Å².